The van der Waals surface area contributed by atoms with Crippen LogP contribution in [-0.4, -0.2) is 12.5 Å². The number of hydrogen-bond donors (Lipinski definition) is 1. The van der Waals surface area contributed by atoms with Gasteiger partial charge in [0.25, 0.3) is 5.91 Å². The quantitative estimate of drug-likeness (QED) is 0.576. The lowest BCUT2D eigenvalue weighted by atomic mass is 10.1. The predicted molar refractivity (Wildman–Crippen MR) is 37.0 cm³/mol. The minimum Gasteiger partial charge on any atom is -0.269 e. The molecule has 0 spiro atoms. The first-order valence-corrected chi connectivity index (χ1v) is 3.00. The van der Waals surface area contributed by atoms with Gasteiger partial charge in [-0.15, -0.1) is 0 Å². The van der Waals surface area contributed by atoms with Crippen molar-refractivity contribution >= 4 is 5.91 Å². The van der Waals surface area contributed by atoms with Gasteiger partial charge in [0, 0.05) is 5.57 Å². The number of hydroxylamine groups is 1. The predicted octanol–water partition coefficient (Wildman–Crippen LogP) is 0.550. The Morgan fingerprint density at radius 1 is 1.90 bits per heavy atom. The molecule has 3 heteroatoms. The summed E-state index contributed by atoms with van der Waals surface area (Å²) in [6, 6.07) is 0. The van der Waals surface area contributed by atoms with Gasteiger partial charge in [-0.2, -0.15) is 0 Å². The summed E-state index contributed by atoms with van der Waals surface area (Å²) in [7, 11) is 0. The molecule has 1 rings (SSSR count). The molecule has 1 amide bonds. The molecule has 0 saturated carbocycles. The lowest BCUT2D eigenvalue weighted by molar-refractivity contribution is -0.129. The molecule has 10 heavy (non-hydrogen) atoms. The van der Waals surface area contributed by atoms with Crippen molar-refractivity contribution in [1.82, 2.24) is 5.48 Å². The molecule has 0 atom stereocenters. The average molecular weight is 139 g/mol. The van der Waals surface area contributed by atoms with E-state index in [1.165, 1.54) is 0 Å². The Labute approximate surface area is 59.3 Å². The van der Waals surface area contributed by atoms with Gasteiger partial charge in [0.15, 0.2) is 0 Å². The van der Waals surface area contributed by atoms with Crippen LogP contribution in [0.1, 0.15) is 6.92 Å². The fraction of sp³-hybridized carbons (Fsp3) is 0.286. The molecule has 0 aromatic carbocycles. The second-order valence-electron chi connectivity index (χ2n) is 2.14. The Balaban J connectivity index is 2.81. The summed E-state index contributed by atoms with van der Waals surface area (Å²) in [6.45, 7) is 5.86. The maximum Gasteiger partial charge on any atom is 0.274 e. The van der Waals surface area contributed by atoms with Crippen LogP contribution in [0.5, 0.6) is 0 Å². The second kappa shape index (κ2) is 2.66. The molecule has 1 aliphatic heterocycles. The Morgan fingerprint density at radius 3 is 3.00 bits per heavy atom. The molecule has 0 aromatic heterocycles. The normalized spacial score (nSPS) is 17.7. The highest BCUT2D eigenvalue weighted by Crippen LogP contribution is 2.08. The third kappa shape index (κ3) is 1.25. The Morgan fingerprint density at radius 2 is 2.60 bits per heavy atom. The highest BCUT2D eigenvalue weighted by atomic mass is 16.7. The largest absolute Gasteiger partial charge is 0.274 e. The van der Waals surface area contributed by atoms with Gasteiger partial charge in [0.05, 0.1) is 6.61 Å². The van der Waals surface area contributed by atoms with Crippen LogP contribution in [0.25, 0.3) is 0 Å². The Hall–Kier alpha value is -1.09. The number of amides is 1. The van der Waals surface area contributed by atoms with Crippen molar-refractivity contribution in [3.8, 4) is 0 Å². The number of rotatable bonds is 1. The van der Waals surface area contributed by atoms with E-state index < -0.39 is 0 Å². The van der Waals surface area contributed by atoms with Gasteiger partial charge < -0.3 is 0 Å². The van der Waals surface area contributed by atoms with Crippen molar-refractivity contribution in [1.29, 1.82) is 0 Å². The molecule has 1 aliphatic rings. The molecule has 1 N–H and O–H groups in total. The smallest absolute Gasteiger partial charge is 0.269 e. The highest BCUT2D eigenvalue weighted by molar-refractivity contribution is 5.97. The van der Waals surface area contributed by atoms with E-state index in [0.717, 1.165) is 5.57 Å². The summed E-state index contributed by atoms with van der Waals surface area (Å²) in [5, 5.41) is 0. The summed E-state index contributed by atoms with van der Waals surface area (Å²) in [4.78, 5) is 15.5. The summed E-state index contributed by atoms with van der Waals surface area (Å²) in [5.74, 6) is -0.209. The van der Waals surface area contributed by atoms with Crippen LogP contribution in [0, 0.1) is 0 Å². The van der Waals surface area contributed by atoms with Crippen LogP contribution < -0.4 is 5.48 Å². The molecule has 0 radical (unpaired) electrons. The molecule has 54 valence electrons. The van der Waals surface area contributed by atoms with Crippen LogP contribution in [0.4, 0.5) is 0 Å². The zero-order chi connectivity index (χ0) is 7.56. The van der Waals surface area contributed by atoms with E-state index in [1.807, 2.05) is 0 Å². The zero-order valence-electron chi connectivity index (χ0n) is 5.81. The van der Waals surface area contributed by atoms with E-state index >= 15 is 0 Å². The van der Waals surface area contributed by atoms with Gasteiger partial charge in [-0.05, 0) is 18.6 Å². The highest BCUT2D eigenvalue weighted by Gasteiger charge is 2.12. The molecule has 0 aliphatic carbocycles. The van der Waals surface area contributed by atoms with E-state index in [1.54, 1.807) is 13.0 Å². The lowest BCUT2D eigenvalue weighted by Gasteiger charge is -2.12. The van der Waals surface area contributed by atoms with E-state index in [-0.39, 0.29) is 5.91 Å². The van der Waals surface area contributed by atoms with Gasteiger partial charge in [-0.3, -0.25) is 9.63 Å². The van der Waals surface area contributed by atoms with Gasteiger partial charge in [-0.1, -0.05) is 6.58 Å². The van der Waals surface area contributed by atoms with Crippen LogP contribution in [-0.2, 0) is 9.63 Å². The third-order valence-electron chi connectivity index (χ3n) is 1.24. The lowest BCUT2D eigenvalue weighted by Crippen LogP contribution is -2.29. The van der Waals surface area contributed by atoms with E-state index in [0.29, 0.717) is 12.2 Å². The van der Waals surface area contributed by atoms with Crippen molar-refractivity contribution in [3.05, 3.63) is 23.8 Å². The Bertz CT molecular complexity index is 206. The fourth-order valence-electron chi connectivity index (χ4n) is 0.748. The van der Waals surface area contributed by atoms with Gasteiger partial charge in [-0.25, -0.2) is 5.48 Å². The number of carbonyl (C=O) groups is 1. The number of hydrogen-bond acceptors (Lipinski definition) is 2. The van der Waals surface area contributed by atoms with Crippen LogP contribution in [0.3, 0.4) is 0 Å². The number of carbonyl (C=O) groups excluding carboxylic acids is 1. The molecule has 3 nitrogen and oxygen atoms in total. The second-order valence-corrected chi connectivity index (χ2v) is 2.14. The maximum atomic E-state index is 10.9. The summed E-state index contributed by atoms with van der Waals surface area (Å²) in [5.41, 5.74) is 3.63. The maximum absolute atomic E-state index is 10.9. The minimum atomic E-state index is -0.209. The first-order chi connectivity index (χ1) is 4.72. The first-order valence-electron chi connectivity index (χ1n) is 3.00. The zero-order valence-corrected chi connectivity index (χ0v) is 5.81. The summed E-state index contributed by atoms with van der Waals surface area (Å²) in [6.07, 6.45) is 1.71. The van der Waals surface area contributed by atoms with Crippen molar-refractivity contribution in [2.24, 2.45) is 0 Å². The van der Waals surface area contributed by atoms with Crippen LogP contribution >= 0.6 is 0 Å². The Kier molecular flexibility index (Phi) is 1.87. The standard InChI is InChI=1S/C7H9NO2/c1-5(2)6-3-4-10-8-7(6)9/h3H,1,4H2,2H3,(H,8,9). The SMILES string of the molecule is C=C(C)C1=CCONC1=O. The summed E-state index contributed by atoms with van der Waals surface area (Å²) >= 11 is 0. The topological polar surface area (TPSA) is 38.3 Å². The number of nitrogens with one attached hydrogen (secondary N) is 1. The molecule has 0 aromatic rings. The molecule has 1 heterocycles. The average Bonchev–Trinajstić information content (AvgIpc) is 1.88. The molecule has 0 bridgehead atoms. The monoisotopic (exact) mass is 139 g/mol. The summed E-state index contributed by atoms with van der Waals surface area (Å²) < 4.78 is 0. The van der Waals surface area contributed by atoms with Crippen molar-refractivity contribution < 1.29 is 9.63 Å². The van der Waals surface area contributed by atoms with E-state index in [4.69, 9.17) is 0 Å². The molecule has 0 saturated heterocycles. The third-order valence-corrected chi connectivity index (χ3v) is 1.24. The van der Waals surface area contributed by atoms with Crippen molar-refractivity contribution in [2.45, 2.75) is 6.92 Å². The van der Waals surface area contributed by atoms with Crippen molar-refractivity contribution in [3.63, 3.8) is 0 Å². The van der Waals surface area contributed by atoms with Gasteiger partial charge >= 0.3 is 0 Å². The van der Waals surface area contributed by atoms with Gasteiger partial charge in [0.1, 0.15) is 0 Å². The van der Waals surface area contributed by atoms with Crippen LogP contribution in [0.15, 0.2) is 23.8 Å². The first kappa shape index (κ1) is 7.02. The van der Waals surface area contributed by atoms with E-state index in [9.17, 15) is 4.79 Å². The minimum absolute atomic E-state index is 0.209. The van der Waals surface area contributed by atoms with Gasteiger partial charge in [0.2, 0.25) is 0 Å². The molecular formula is C7H9NO2. The fourth-order valence-corrected chi connectivity index (χ4v) is 0.748. The van der Waals surface area contributed by atoms with E-state index in [2.05, 4.69) is 16.9 Å². The van der Waals surface area contributed by atoms with Crippen LogP contribution in [0.2, 0.25) is 0 Å². The molecule has 0 fully saturated rings. The molecule has 0 unspecified atom stereocenters. The molecular weight excluding hydrogens is 130 g/mol. The van der Waals surface area contributed by atoms with Crippen molar-refractivity contribution in [2.75, 3.05) is 6.61 Å².